The number of carbonyl (C=O) groups excluding carboxylic acids is 2. The molecular formula is C18H19F2N3O4. The van der Waals surface area contributed by atoms with Crippen LogP contribution in [0, 0.1) is 11.6 Å². The van der Waals surface area contributed by atoms with Crippen molar-refractivity contribution in [1.29, 1.82) is 0 Å². The Labute approximate surface area is 154 Å². The number of urea groups is 1. The van der Waals surface area contributed by atoms with Crippen LogP contribution in [-0.2, 0) is 0 Å². The van der Waals surface area contributed by atoms with Crippen LogP contribution in [0.3, 0.4) is 0 Å². The van der Waals surface area contributed by atoms with Gasteiger partial charge in [0, 0.05) is 32.2 Å². The molecule has 1 saturated heterocycles. The molecule has 1 aromatic heterocycles. The van der Waals surface area contributed by atoms with E-state index in [2.05, 4.69) is 5.32 Å². The molecule has 0 bridgehead atoms. The molecule has 144 valence electrons. The zero-order chi connectivity index (χ0) is 19.2. The Morgan fingerprint density at radius 1 is 1.07 bits per heavy atom. The van der Waals surface area contributed by atoms with Crippen molar-refractivity contribution in [3.05, 3.63) is 54.0 Å². The molecule has 3 amide bonds. The highest BCUT2D eigenvalue weighted by molar-refractivity contribution is 5.91. The summed E-state index contributed by atoms with van der Waals surface area (Å²) in [5.74, 6) is -1.66. The normalized spacial score (nSPS) is 14.1. The molecule has 0 radical (unpaired) electrons. The van der Waals surface area contributed by atoms with Gasteiger partial charge in [-0.2, -0.15) is 0 Å². The first-order chi connectivity index (χ1) is 13.0. The van der Waals surface area contributed by atoms with E-state index in [-0.39, 0.29) is 36.6 Å². The van der Waals surface area contributed by atoms with Gasteiger partial charge in [0.2, 0.25) is 0 Å². The topological polar surface area (TPSA) is 75.0 Å². The molecule has 1 fully saturated rings. The number of halogens is 2. The first-order valence-corrected chi connectivity index (χ1v) is 8.48. The molecule has 2 aromatic rings. The maximum absolute atomic E-state index is 13.1. The summed E-state index contributed by atoms with van der Waals surface area (Å²) in [6, 6.07) is 6.23. The lowest BCUT2D eigenvalue weighted by molar-refractivity contribution is 0.0634. The van der Waals surface area contributed by atoms with Crippen molar-refractivity contribution in [2.75, 3.05) is 39.3 Å². The number of benzene rings is 1. The number of furan rings is 1. The van der Waals surface area contributed by atoms with E-state index in [9.17, 15) is 18.4 Å². The minimum absolute atomic E-state index is 0.119. The van der Waals surface area contributed by atoms with Gasteiger partial charge in [-0.3, -0.25) is 4.79 Å². The van der Waals surface area contributed by atoms with E-state index in [1.165, 1.54) is 12.3 Å². The van der Waals surface area contributed by atoms with Gasteiger partial charge < -0.3 is 24.3 Å². The molecule has 0 spiro atoms. The maximum Gasteiger partial charge on any atom is 0.317 e. The van der Waals surface area contributed by atoms with Gasteiger partial charge in [0.05, 0.1) is 12.8 Å². The van der Waals surface area contributed by atoms with E-state index in [4.69, 9.17) is 9.15 Å². The zero-order valence-corrected chi connectivity index (χ0v) is 14.5. The van der Waals surface area contributed by atoms with Crippen LogP contribution in [0.5, 0.6) is 5.75 Å². The largest absolute Gasteiger partial charge is 0.492 e. The minimum Gasteiger partial charge on any atom is -0.492 e. The van der Waals surface area contributed by atoms with Crippen LogP contribution in [0.1, 0.15) is 10.6 Å². The monoisotopic (exact) mass is 379 g/mol. The van der Waals surface area contributed by atoms with Gasteiger partial charge in [-0.15, -0.1) is 0 Å². The molecular weight excluding hydrogens is 360 g/mol. The number of nitrogens with one attached hydrogen (secondary N) is 1. The molecule has 1 aliphatic heterocycles. The highest BCUT2D eigenvalue weighted by Gasteiger charge is 2.25. The number of carbonyl (C=O) groups is 2. The highest BCUT2D eigenvalue weighted by Crippen LogP contribution is 2.15. The molecule has 0 saturated carbocycles. The number of hydrogen-bond donors (Lipinski definition) is 1. The van der Waals surface area contributed by atoms with E-state index in [0.717, 1.165) is 12.1 Å². The second-order valence-corrected chi connectivity index (χ2v) is 5.91. The average molecular weight is 379 g/mol. The van der Waals surface area contributed by atoms with Crippen LogP contribution in [-0.4, -0.2) is 61.1 Å². The zero-order valence-electron chi connectivity index (χ0n) is 14.5. The summed E-state index contributed by atoms with van der Waals surface area (Å²) >= 11 is 0. The van der Waals surface area contributed by atoms with E-state index < -0.39 is 11.6 Å². The Hall–Kier alpha value is -3.10. The molecule has 0 unspecified atom stereocenters. The van der Waals surface area contributed by atoms with Crippen molar-refractivity contribution in [3.8, 4) is 5.75 Å². The average Bonchev–Trinajstić information content (AvgIpc) is 3.22. The molecule has 7 nitrogen and oxygen atoms in total. The van der Waals surface area contributed by atoms with Crippen molar-refractivity contribution in [1.82, 2.24) is 15.1 Å². The summed E-state index contributed by atoms with van der Waals surface area (Å²) in [6.07, 6.45) is 1.44. The van der Waals surface area contributed by atoms with Crippen molar-refractivity contribution < 1.29 is 27.5 Å². The number of rotatable bonds is 5. The van der Waals surface area contributed by atoms with E-state index in [1.807, 2.05) is 0 Å². The summed E-state index contributed by atoms with van der Waals surface area (Å²) in [6.45, 7) is 1.97. The van der Waals surface area contributed by atoms with Gasteiger partial charge in [-0.05, 0) is 24.3 Å². The fourth-order valence-corrected chi connectivity index (χ4v) is 2.67. The van der Waals surface area contributed by atoms with Gasteiger partial charge in [-0.1, -0.05) is 0 Å². The lowest BCUT2D eigenvalue weighted by atomic mass is 10.3. The van der Waals surface area contributed by atoms with Gasteiger partial charge in [-0.25, -0.2) is 13.6 Å². The Bertz CT molecular complexity index is 790. The van der Waals surface area contributed by atoms with Crippen LogP contribution in [0.15, 0.2) is 41.0 Å². The predicted molar refractivity (Wildman–Crippen MR) is 91.4 cm³/mol. The third-order valence-corrected chi connectivity index (χ3v) is 4.12. The Kier molecular flexibility index (Phi) is 5.90. The van der Waals surface area contributed by atoms with Crippen LogP contribution in [0.25, 0.3) is 0 Å². The Morgan fingerprint density at radius 2 is 1.81 bits per heavy atom. The molecule has 1 aromatic carbocycles. The number of ether oxygens (including phenoxy) is 1. The smallest absolute Gasteiger partial charge is 0.317 e. The van der Waals surface area contributed by atoms with Crippen LogP contribution >= 0.6 is 0 Å². The second kappa shape index (κ2) is 8.52. The maximum atomic E-state index is 13.1. The quantitative estimate of drug-likeness (QED) is 0.808. The van der Waals surface area contributed by atoms with Crippen molar-refractivity contribution in [2.24, 2.45) is 0 Å². The molecule has 27 heavy (non-hydrogen) atoms. The summed E-state index contributed by atoms with van der Waals surface area (Å²) in [7, 11) is 0. The summed E-state index contributed by atoms with van der Waals surface area (Å²) < 4.78 is 36.3. The second-order valence-electron chi connectivity index (χ2n) is 5.91. The standard InChI is InChI=1S/C18H19F2N3O4/c19-14-4-3-13(12-15(14)20)26-11-5-21-18(25)23-8-6-22(7-9-23)17(24)16-2-1-10-27-16/h1-4,10,12H,5-9,11H2,(H,21,25). The first kappa shape index (κ1) is 18.7. The summed E-state index contributed by atoms with van der Waals surface area (Å²) in [5.41, 5.74) is 0. The van der Waals surface area contributed by atoms with Gasteiger partial charge in [0.25, 0.3) is 5.91 Å². The van der Waals surface area contributed by atoms with Crippen LogP contribution in [0.4, 0.5) is 13.6 Å². The van der Waals surface area contributed by atoms with Crippen molar-refractivity contribution >= 4 is 11.9 Å². The molecule has 0 atom stereocenters. The number of hydrogen-bond acceptors (Lipinski definition) is 4. The third-order valence-electron chi connectivity index (χ3n) is 4.12. The lowest BCUT2D eigenvalue weighted by Gasteiger charge is -2.34. The highest BCUT2D eigenvalue weighted by atomic mass is 19.2. The van der Waals surface area contributed by atoms with Gasteiger partial charge in [0.15, 0.2) is 17.4 Å². The van der Waals surface area contributed by atoms with Crippen LogP contribution in [0.2, 0.25) is 0 Å². The minimum atomic E-state index is -0.987. The van der Waals surface area contributed by atoms with E-state index in [1.54, 1.807) is 21.9 Å². The van der Waals surface area contributed by atoms with E-state index in [0.29, 0.717) is 26.2 Å². The van der Waals surface area contributed by atoms with Gasteiger partial charge >= 0.3 is 6.03 Å². The summed E-state index contributed by atoms with van der Waals surface area (Å²) in [4.78, 5) is 27.5. The fraction of sp³-hybridized carbons (Fsp3) is 0.333. The SMILES string of the molecule is O=C(NCCOc1ccc(F)c(F)c1)N1CCN(C(=O)c2ccco2)CC1. The molecule has 3 rings (SSSR count). The Balaban J connectivity index is 1.37. The Morgan fingerprint density at radius 3 is 2.48 bits per heavy atom. The third kappa shape index (κ3) is 4.75. The molecule has 9 heteroatoms. The number of amides is 3. The number of nitrogens with zero attached hydrogens (tertiary/aromatic N) is 2. The fourth-order valence-electron chi connectivity index (χ4n) is 2.67. The summed E-state index contributed by atoms with van der Waals surface area (Å²) in [5, 5.41) is 2.69. The number of piperazine rings is 1. The predicted octanol–water partition coefficient (Wildman–Crippen LogP) is 2.10. The van der Waals surface area contributed by atoms with Gasteiger partial charge in [0.1, 0.15) is 12.4 Å². The van der Waals surface area contributed by atoms with Crippen molar-refractivity contribution in [3.63, 3.8) is 0 Å². The molecule has 1 aliphatic rings. The lowest BCUT2D eigenvalue weighted by Crippen LogP contribution is -2.53. The van der Waals surface area contributed by atoms with E-state index >= 15 is 0 Å². The van der Waals surface area contributed by atoms with Crippen molar-refractivity contribution in [2.45, 2.75) is 0 Å². The molecule has 1 N–H and O–H groups in total. The molecule has 0 aliphatic carbocycles. The molecule has 2 heterocycles. The van der Waals surface area contributed by atoms with Crippen LogP contribution < -0.4 is 10.1 Å². The first-order valence-electron chi connectivity index (χ1n) is 8.48.